The molecule has 0 aromatic heterocycles. The fraction of sp³-hybridized carbons (Fsp3) is 0.632. The number of rotatable bonds is 5. The van der Waals surface area contributed by atoms with Gasteiger partial charge in [-0.3, -0.25) is 0 Å². The van der Waals surface area contributed by atoms with E-state index in [1.807, 2.05) is 30.3 Å². The highest BCUT2D eigenvalue weighted by Gasteiger charge is 2.40. The van der Waals surface area contributed by atoms with Crippen LogP contribution in [0.2, 0.25) is 0 Å². The molecule has 2 atom stereocenters. The van der Waals surface area contributed by atoms with Gasteiger partial charge in [0.05, 0.1) is 11.7 Å². The first-order chi connectivity index (χ1) is 11.7. The summed E-state index contributed by atoms with van der Waals surface area (Å²) in [6.07, 6.45) is 6.47. The summed E-state index contributed by atoms with van der Waals surface area (Å²) in [7, 11) is 0. The molecule has 3 rings (SSSR count). The summed E-state index contributed by atoms with van der Waals surface area (Å²) >= 11 is 0. The predicted molar refractivity (Wildman–Crippen MR) is 92.7 cm³/mol. The SMILES string of the molecule is O=C(NCCC(O)c1ccccc1)NC1CCOC2(CCCC2)C1. The number of hydrogen-bond donors (Lipinski definition) is 3. The Kier molecular flexibility index (Phi) is 5.74. The van der Waals surface area contributed by atoms with Crippen molar-refractivity contribution >= 4 is 6.03 Å². The molecule has 1 saturated heterocycles. The number of urea groups is 1. The van der Waals surface area contributed by atoms with E-state index in [0.29, 0.717) is 13.0 Å². The van der Waals surface area contributed by atoms with Gasteiger partial charge in [-0.1, -0.05) is 43.2 Å². The molecule has 132 valence electrons. The van der Waals surface area contributed by atoms with Crippen molar-refractivity contribution < 1.29 is 14.6 Å². The first kappa shape index (κ1) is 17.2. The maximum absolute atomic E-state index is 12.1. The lowest BCUT2D eigenvalue weighted by atomic mass is 9.89. The Morgan fingerprint density at radius 3 is 2.79 bits per heavy atom. The van der Waals surface area contributed by atoms with E-state index in [1.54, 1.807) is 0 Å². The largest absolute Gasteiger partial charge is 0.388 e. The highest BCUT2D eigenvalue weighted by molar-refractivity contribution is 5.74. The van der Waals surface area contributed by atoms with Crippen molar-refractivity contribution in [2.24, 2.45) is 0 Å². The van der Waals surface area contributed by atoms with Crippen LogP contribution in [0.4, 0.5) is 4.79 Å². The fourth-order valence-electron chi connectivity index (χ4n) is 3.92. The number of ether oxygens (including phenoxy) is 1. The van der Waals surface area contributed by atoms with Crippen LogP contribution in [-0.4, -0.2) is 35.9 Å². The Morgan fingerprint density at radius 1 is 1.29 bits per heavy atom. The highest BCUT2D eigenvalue weighted by atomic mass is 16.5. The van der Waals surface area contributed by atoms with Crippen molar-refractivity contribution in [2.45, 2.75) is 62.7 Å². The van der Waals surface area contributed by atoms with Crippen LogP contribution in [0.5, 0.6) is 0 Å². The van der Waals surface area contributed by atoms with Crippen molar-refractivity contribution in [1.82, 2.24) is 10.6 Å². The quantitative estimate of drug-likeness (QED) is 0.776. The average molecular weight is 332 g/mol. The molecule has 2 fully saturated rings. The number of aliphatic hydroxyl groups excluding tert-OH is 1. The number of amides is 2. The topological polar surface area (TPSA) is 70.6 Å². The third-order valence-corrected chi connectivity index (χ3v) is 5.23. The highest BCUT2D eigenvalue weighted by Crippen LogP contribution is 2.39. The summed E-state index contributed by atoms with van der Waals surface area (Å²) in [4.78, 5) is 12.1. The fourth-order valence-corrected chi connectivity index (χ4v) is 3.92. The minimum atomic E-state index is -0.545. The van der Waals surface area contributed by atoms with Crippen molar-refractivity contribution in [3.05, 3.63) is 35.9 Å². The molecule has 5 nitrogen and oxygen atoms in total. The molecule has 0 bridgehead atoms. The lowest BCUT2D eigenvalue weighted by Crippen LogP contribution is -2.50. The third kappa shape index (κ3) is 4.48. The van der Waals surface area contributed by atoms with E-state index in [2.05, 4.69) is 10.6 Å². The Morgan fingerprint density at radius 2 is 2.04 bits per heavy atom. The smallest absolute Gasteiger partial charge is 0.315 e. The molecule has 1 aliphatic carbocycles. The molecule has 2 amide bonds. The van der Waals surface area contributed by atoms with Crippen LogP contribution in [0.3, 0.4) is 0 Å². The number of aliphatic hydroxyl groups is 1. The van der Waals surface area contributed by atoms with Gasteiger partial charge in [0.15, 0.2) is 0 Å². The van der Waals surface area contributed by atoms with Crippen LogP contribution in [0.25, 0.3) is 0 Å². The van der Waals surface area contributed by atoms with Crippen LogP contribution in [0.15, 0.2) is 30.3 Å². The maximum atomic E-state index is 12.1. The zero-order chi connectivity index (χ0) is 16.8. The zero-order valence-electron chi connectivity index (χ0n) is 14.2. The minimum absolute atomic E-state index is 0.0136. The van der Waals surface area contributed by atoms with Crippen LogP contribution >= 0.6 is 0 Å². The van der Waals surface area contributed by atoms with E-state index < -0.39 is 6.10 Å². The van der Waals surface area contributed by atoms with Crippen molar-refractivity contribution in [2.75, 3.05) is 13.2 Å². The molecule has 1 saturated carbocycles. The Labute approximate surface area is 143 Å². The van der Waals surface area contributed by atoms with E-state index in [1.165, 1.54) is 12.8 Å². The number of carbonyl (C=O) groups is 1. The second kappa shape index (κ2) is 7.99. The van der Waals surface area contributed by atoms with Crippen LogP contribution < -0.4 is 10.6 Å². The lowest BCUT2D eigenvalue weighted by molar-refractivity contribution is -0.0820. The molecule has 0 radical (unpaired) electrons. The Balaban J connectivity index is 1.38. The molecule has 1 aliphatic heterocycles. The number of hydrogen-bond acceptors (Lipinski definition) is 3. The van der Waals surface area contributed by atoms with Crippen LogP contribution in [-0.2, 0) is 4.74 Å². The van der Waals surface area contributed by atoms with Crippen molar-refractivity contribution in [1.29, 1.82) is 0 Å². The zero-order valence-corrected chi connectivity index (χ0v) is 14.2. The standard InChI is InChI=1S/C19H28N2O3/c22-17(15-6-2-1-3-7-15)8-12-20-18(23)21-16-9-13-24-19(14-16)10-4-5-11-19/h1-3,6-7,16-17,22H,4-5,8-14H2,(H2,20,21,23). The van der Waals surface area contributed by atoms with Gasteiger partial charge in [0.2, 0.25) is 0 Å². The molecule has 2 unspecified atom stereocenters. The first-order valence-corrected chi connectivity index (χ1v) is 9.08. The number of nitrogens with one attached hydrogen (secondary N) is 2. The van der Waals surface area contributed by atoms with Crippen molar-refractivity contribution in [3.8, 4) is 0 Å². The van der Waals surface area contributed by atoms with E-state index in [9.17, 15) is 9.90 Å². The average Bonchev–Trinajstić information content (AvgIpc) is 3.03. The van der Waals surface area contributed by atoms with Crippen LogP contribution in [0.1, 0.15) is 56.6 Å². The second-order valence-corrected chi connectivity index (χ2v) is 7.04. The minimum Gasteiger partial charge on any atom is -0.388 e. The van der Waals surface area contributed by atoms with Gasteiger partial charge in [0.25, 0.3) is 0 Å². The summed E-state index contributed by atoms with van der Waals surface area (Å²) in [5, 5.41) is 16.0. The number of benzene rings is 1. The molecular formula is C19H28N2O3. The van der Waals surface area contributed by atoms with E-state index >= 15 is 0 Å². The van der Waals surface area contributed by atoms with Gasteiger partial charge in [-0.15, -0.1) is 0 Å². The van der Waals surface area contributed by atoms with E-state index in [-0.39, 0.29) is 17.7 Å². The van der Waals surface area contributed by atoms with Crippen molar-refractivity contribution in [3.63, 3.8) is 0 Å². The summed E-state index contributed by atoms with van der Waals surface area (Å²) in [6.45, 7) is 1.19. The summed E-state index contributed by atoms with van der Waals surface area (Å²) in [5.74, 6) is 0. The van der Waals surface area contributed by atoms with Crippen LogP contribution in [0, 0.1) is 0 Å². The van der Waals surface area contributed by atoms with Gasteiger partial charge in [-0.05, 0) is 37.7 Å². The normalized spacial score (nSPS) is 23.8. The first-order valence-electron chi connectivity index (χ1n) is 9.08. The Hall–Kier alpha value is -1.59. The maximum Gasteiger partial charge on any atom is 0.315 e. The number of carbonyl (C=O) groups excluding carboxylic acids is 1. The van der Waals surface area contributed by atoms with Gasteiger partial charge in [-0.2, -0.15) is 0 Å². The molecule has 24 heavy (non-hydrogen) atoms. The molecule has 3 N–H and O–H groups in total. The molecule has 1 heterocycles. The molecular weight excluding hydrogens is 304 g/mol. The molecule has 5 heteroatoms. The van der Waals surface area contributed by atoms with Gasteiger partial charge in [-0.25, -0.2) is 4.79 Å². The van der Waals surface area contributed by atoms with E-state index in [0.717, 1.165) is 37.9 Å². The monoisotopic (exact) mass is 332 g/mol. The molecule has 2 aliphatic rings. The van der Waals surface area contributed by atoms with Gasteiger partial charge in [0, 0.05) is 19.2 Å². The lowest BCUT2D eigenvalue weighted by Gasteiger charge is -2.38. The third-order valence-electron chi connectivity index (χ3n) is 5.23. The summed E-state index contributed by atoms with van der Waals surface area (Å²) < 4.78 is 6.00. The molecule has 1 aromatic rings. The molecule has 1 spiro atoms. The predicted octanol–water partition coefficient (Wildman–Crippen LogP) is 2.90. The van der Waals surface area contributed by atoms with E-state index in [4.69, 9.17) is 4.74 Å². The Bertz CT molecular complexity index is 529. The van der Waals surface area contributed by atoms with Gasteiger partial charge >= 0.3 is 6.03 Å². The summed E-state index contributed by atoms with van der Waals surface area (Å²) in [6, 6.07) is 9.58. The van der Waals surface area contributed by atoms with Gasteiger partial charge in [0.1, 0.15) is 0 Å². The summed E-state index contributed by atoms with van der Waals surface area (Å²) in [5.41, 5.74) is 0.895. The second-order valence-electron chi connectivity index (χ2n) is 7.04. The molecule has 1 aromatic carbocycles. The van der Waals surface area contributed by atoms with Gasteiger partial charge < -0.3 is 20.5 Å².